The van der Waals surface area contributed by atoms with E-state index in [-0.39, 0.29) is 24.8 Å². The fourth-order valence-corrected chi connectivity index (χ4v) is 3.37. The van der Waals surface area contributed by atoms with Gasteiger partial charge in [-0.1, -0.05) is 30.3 Å². The number of ketones is 1. The van der Waals surface area contributed by atoms with Gasteiger partial charge in [-0.3, -0.25) is 4.79 Å². The van der Waals surface area contributed by atoms with Crippen molar-refractivity contribution in [3.63, 3.8) is 0 Å². The summed E-state index contributed by atoms with van der Waals surface area (Å²) in [7, 11) is 0. The number of halogens is 1. The second kappa shape index (κ2) is 11.1. The van der Waals surface area contributed by atoms with Crippen molar-refractivity contribution < 1.29 is 32.4 Å². The van der Waals surface area contributed by atoms with Crippen molar-refractivity contribution in [2.24, 2.45) is 0 Å². The summed E-state index contributed by atoms with van der Waals surface area (Å²) in [4.78, 5) is 12.4. The first-order valence-corrected chi connectivity index (χ1v) is 9.55. The molecule has 3 rings (SSSR count). The average molecular weight is 390 g/mol. The normalized spacial score (nSPS) is 14.0. The molecule has 1 atom stereocenters. The molecule has 0 amide bonds. The van der Waals surface area contributed by atoms with E-state index in [2.05, 4.69) is 12.1 Å². The van der Waals surface area contributed by atoms with Gasteiger partial charge in [0.2, 0.25) is 0 Å². The molecule has 5 heteroatoms. The highest BCUT2D eigenvalue weighted by Crippen LogP contribution is 2.22. The first-order chi connectivity index (χ1) is 12.7. The predicted octanol–water partition coefficient (Wildman–Crippen LogP) is -0.854. The van der Waals surface area contributed by atoms with Crippen LogP contribution in [0.3, 0.4) is 0 Å². The maximum absolute atomic E-state index is 12.4. The van der Waals surface area contributed by atoms with E-state index < -0.39 is 6.10 Å². The highest BCUT2D eigenvalue weighted by molar-refractivity contribution is 5.96. The lowest BCUT2D eigenvalue weighted by Gasteiger charge is -2.16. The molecule has 0 saturated heterocycles. The van der Waals surface area contributed by atoms with Gasteiger partial charge in [-0.2, -0.15) is 0 Å². The number of aliphatic hydroxyl groups is 1. The van der Waals surface area contributed by atoms with Crippen LogP contribution in [0, 0.1) is 0 Å². The Morgan fingerprint density at radius 3 is 2.59 bits per heavy atom. The summed E-state index contributed by atoms with van der Waals surface area (Å²) in [6.07, 6.45) is 4.66. The Hall–Kier alpha value is -1.88. The number of hydrogen-bond donors (Lipinski definition) is 2. The molecule has 27 heavy (non-hydrogen) atoms. The predicted molar refractivity (Wildman–Crippen MR) is 102 cm³/mol. The first-order valence-electron chi connectivity index (χ1n) is 9.55. The number of Topliss-reactive ketones (excluding diaryl/α,β-unsaturated/α-hetero) is 1. The van der Waals surface area contributed by atoms with E-state index in [1.165, 1.54) is 24.0 Å². The monoisotopic (exact) mass is 389 g/mol. The first kappa shape index (κ1) is 21.4. The molecule has 3 N–H and O–H groups in total. The minimum atomic E-state index is -0.547. The molecular formula is C22H28ClNO3. The summed E-state index contributed by atoms with van der Waals surface area (Å²) in [5.41, 5.74) is 3.58. The van der Waals surface area contributed by atoms with Crippen molar-refractivity contribution in [2.75, 3.05) is 19.7 Å². The van der Waals surface area contributed by atoms with Crippen molar-refractivity contribution in [2.45, 2.75) is 38.2 Å². The van der Waals surface area contributed by atoms with Crippen LogP contribution in [0.15, 0.2) is 48.5 Å². The number of fused-ring (bicyclic) bond motifs is 1. The summed E-state index contributed by atoms with van der Waals surface area (Å²) in [6, 6.07) is 15.6. The molecule has 4 nitrogen and oxygen atoms in total. The third-order valence-electron chi connectivity index (χ3n) is 4.87. The number of carbonyl (C=O) groups is 1. The second-order valence-electron chi connectivity index (χ2n) is 6.95. The lowest BCUT2D eigenvalue weighted by atomic mass is 9.89. The molecular weight excluding hydrogens is 362 g/mol. The van der Waals surface area contributed by atoms with Gasteiger partial charge < -0.3 is 27.6 Å². The molecule has 1 aliphatic carbocycles. The number of nitrogens with two attached hydrogens (primary N) is 1. The molecule has 0 aliphatic heterocycles. The van der Waals surface area contributed by atoms with Crippen molar-refractivity contribution in [1.29, 1.82) is 0 Å². The number of aryl methyl sites for hydroxylation is 2. The van der Waals surface area contributed by atoms with E-state index in [1.54, 1.807) is 0 Å². The van der Waals surface area contributed by atoms with Crippen LogP contribution in [0.1, 0.15) is 40.7 Å². The molecule has 146 valence electrons. The SMILES string of the molecule is O=C(CC[NH2+]CC(O)COc1ccccc1)c1ccc2c(c1)CCCC2.[Cl-]. The van der Waals surface area contributed by atoms with Crippen LogP contribution >= 0.6 is 0 Å². The Labute approximate surface area is 167 Å². The van der Waals surface area contributed by atoms with Gasteiger partial charge in [0.1, 0.15) is 25.0 Å². The minimum absolute atomic E-state index is 0. The van der Waals surface area contributed by atoms with Crippen LogP contribution in [0.5, 0.6) is 5.75 Å². The zero-order valence-electron chi connectivity index (χ0n) is 15.6. The molecule has 1 unspecified atom stereocenters. The third kappa shape index (κ3) is 6.65. The molecule has 1 aliphatic rings. The molecule has 0 fully saturated rings. The Bertz CT molecular complexity index is 721. The summed E-state index contributed by atoms with van der Waals surface area (Å²) in [5, 5.41) is 12.0. The Morgan fingerprint density at radius 2 is 1.81 bits per heavy atom. The van der Waals surface area contributed by atoms with Crippen molar-refractivity contribution >= 4 is 5.78 Å². The van der Waals surface area contributed by atoms with Crippen LogP contribution in [0.2, 0.25) is 0 Å². The summed E-state index contributed by atoms with van der Waals surface area (Å²) >= 11 is 0. The van der Waals surface area contributed by atoms with Gasteiger partial charge in [0.05, 0.1) is 13.0 Å². The Balaban J connectivity index is 0.00000261. The second-order valence-corrected chi connectivity index (χ2v) is 6.95. The largest absolute Gasteiger partial charge is 1.00 e. The quantitative estimate of drug-likeness (QED) is 0.433. The molecule has 0 aromatic heterocycles. The molecule has 0 radical (unpaired) electrons. The van der Waals surface area contributed by atoms with Crippen molar-refractivity contribution in [1.82, 2.24) is 0 Å². The lowest BCUT2D eigenvalue weighted by molar-refractivity contribution is -0.659. The third-order valence-corrected chi connectivity index (χ3v) is 4.87. The van der Waals surface area contributed by atoms with E-state index in [9.17, 15) is 9.90 Å². The highest BCUT2D eigenvalue weighted by Gasteiger charge is 2.14. The van der Waals surface area contributed by atoms with Crippen LogP contribution < -0.4 is 22.5 Å². The minimum Gasteiger partial charge on any atom is -1.00 e. The number of benzene rings is 2. The lowest BCUT2D eigenvalue weighted by Crippen LogP contribution is -3.00. The summed E-state index contributed by atoms with van der Waals surface area (Å²) < 4.78 is 5.53. The smallest absolute Gasteiger partial charge is 0.168 e. The van der Waals surface area contributed by atoms with E-state index >= 15 is 0 Å². The van der Waals surface area contributed by atoms with Crippen LogP contribution in [-0.4, -0.2) is 36.7 Å². The van der Waals surface area contributed by atoms with Crippen LogP contribution in [0.4, 0.5) is 0 Å². The highest BCUT2D eigenvalue weighted by atomic mass is 35.5. The van der Waals surface area contributed by atoms with Gasteiger partial charge in [0.25, 0.3) is 0 Å². The number of ether oxygens (including phenoxy) is 1. The summed E-state index contributed by atoms with van der Waals surface area (Å²) in [5.74, 6) is 0.943. The Kier molecular flexibility index (Phi) is 8.79. The maximum atomic E-state index is 12.4. The zero-order chi connectivity index (χ0) is 18.2. The molecule has 0 saturated carbocycles. The Morgan fingerprint density at radius 1 is 1.07 bits per heavy atom. The van der Waals surface area contributed by atoms with Crippen molar-refractivity contribution in [3.05, 3.63) is 65.2 Å². The van der Waals surface area contributed by atoms with Gasteiger partial charge in [0, 0.05) is 5.56 Å². The standard InChI is InChI=1S/C22H27NO3.ClH/c24-20(16-26-21-8-2-1-3-9-21)15-23-13-12-22(25)19-11-10-17-6-4-5-7-18(17)14-19;/h1-3,8-11,14,20,23-24H,4-7,12-13,15-16H2;1H. The van der Waals surface area contributed by atoms with E-state index in [0.717, 1.165) is 24.2 Å². The average Bonchev–Trinajstić information content (AvgIpc) is 2.70. The molecule has 0 heterocycles. The molecule has 2 aromatic rings. The number of quaternary nitrogens is 1. The van der Waals surface area contributed by atoms with Crippen LogP contribution in [0.25, 0.3) is 0 Å². The number of rotatable bonds is 9. The molecule has 0 spiro atoms. The van der Waals surface area contributed by atoms with Crippen molar-refractivity contribution in [3.8, 4) is 5.75 Å². The topological polar surface area (TPSA) is 63.1 Å². The molecule has 2 aromatic carbocycles. The number of aliphatic hydroxyl groups excluding tert-OH is 1. The molecule has 0 bridgehead atoms. The van der Waals surface area contributed by atoms with Crippen LogP contribution in [-0.2, 0) is 12.8 Å². The fourth-order valence-electron chi connectivity index (χ4n) is 3.37. The van der Waals surface area contributed by atoms with Gasteiger partial charge in [0.15, 0.2) is 5.78 Å². The summed E-state index contributed by atoms with van der Waals surface area (Å²) in [6.45, 7) is 1.47. The van der Waals surface area contributed by atoms with E-state index in [0.29, 0.717) is 19.5 Å². The maximum Gasteiger partial charge on any atom is 0.168 e. The van der Waals surface area contributed by atoms with Gasteiger partial charge >= 0.3 is 0 Å². The number of carbonyl (C=O) groups excluding carboxylic acids is 1. The van der Waals surface area contributed by atoms with Gasteiger partial charge in [-0.25, -0.2) is 0 Å². The number of hydrogen-bond acceptors (Lipinski definition) is 3. The fraction of sp³-hybridized carbons (Fsp3) is 0.409. The number of para-hydroxylation sites is 1. The van der Waals surface area contributed by atoms with Gasteiger partial charge in [-0.15, -0.1) is 0 Å². The zero-order valence-corrected chi connectivity index (χ0v) is 16.3. The van der Waals surface area contributed by atoms with E-state index in [4.69, 9.17) is 4.74 Å². The van der Waals surface area contributed by atoms with Gasteiger partial charge in [-0.05, 0) is 55.0 Å². The van der Waals surface area contributed by atoms with E-state index in [1.807, 2.05) is 41.7 Å².